The molecule has 2 heteroatoms. The van der Waals surface area contributed by atoms with Gasteiger partial charge in [-0.1, -0.05) is 121 Å². The smallest absolute Gasteiger partial charge is 0.0464 e. The molecule has 0 aliphatic rings. The zero-order valence-electron chi connectivity index (χ0n) is 22.0. The molecule has 2 N–H and O–H groups in total. The van der Waals surface area contributed by atoms with E-state index in [9.17, 15) is 0 Å². The van der Waals surface area contributed by atoms with Gasteiger partial charge in [-0.25, -0.2) is 0 Å². The monoisotopic (exact) mass is 512 g/mol. The molecule has 7 aromatic carbocycles. The maximum absolute atomic E-state index is 3.73. The van der Waals surface area contributed by atoms with Gasteiger partial charge in [-0.3, -0.25) is 0 Å². The van der Waals surface area contributed by atoms with E-state index >= 15 is 0 Å². The summed E-state index contributed by atoms with van der Waals surface area (Å²) in [7, 11) is 0. The van der Waals surface area contributed by atoms with Gasteiger partial charge in [0.1, 0.15) is 0 Å². The molecule has 0 saturated heterocycles. The minimum Gasteiger partial charge on any atom is -0.355 e. The third kappa shape index (κ3) is 4.68. The summed E-state index contributed by atoms with van der Waals surface area (Å²) in [6.07, 6.45) is 0. The van der Waals surface area contributed by atoms with Gasteiger partial charge in [0.2, 0.25) is 0 Å². The summed E-state index contributed by atoms with van der Waals surface area (Å²) in [4.78, 5) is 0. The maximum Gasteiger partial charge on any atom is 0.0464 e. The van der Waals surface area contributed by atoms with Crippen LogP contribution in [0.25, 0.3) is 43.8 Å². The van der Waals surface area contributed by atoms with Gasteiger partial charge in [0.25, 0.3) is 0 Å². The van der Waals surface area contributed by atoms with Crippen LogP contribution >= 0.6 is 0 Å². The number of rotatable bonds is 6. The Morgan fingerprint density at radius 2 is 0.875 bits per heavy atom. The van der Waals surface area contributed by atoms with Crippen molar-refractivity contribution >= 4 is 44.3 Å². The minimum absolute atomic E-state index is 1.07. The molecule has 0 aliphatic carbocycles. The Morgan fingerprint density at radius 3 is 1.55 bits per heavy atom. The van der Waals surface area contributed by atoms with Crippen molar-refractivity contribution in [2.24, 2.45) is 0 Å². The van der Waals surface area contributed by atoms with Gasteiger partial charge in [0.05, 0.1) is 0 Å². The van der Waals surface area contributed by atoms with E-state index in [2.05, 4.69) is 168 Å². The summed E-state index contributed by atoms with van der Waals surface area (Å²) < 4.78 is 0. The lowest BCUT2D eigenvalue weighted by Gasteiger charge is -2.16. The van der Waals surface area contributed by atoms with Crippen molar-refractivity contribution in [3.63, 3.8) is 0 Å². The summed E-state index contributed by atoms with van der Waals surface area (Å²) >= 11 is 0. The Labute approximate surface area is 234 Å². The molecule has 7 aromatic rings. The van der Waals surface area contributed by atoms with Crippen LogP contribution < -0.4 is 10.6 Å². The molecule has 0 spiro atoms. The molecule has 0 saturated carbocycles. The molecule has 0 unspecified atom stereocenters. The number of hydrogen-bond acceptors (Lipinski definition) is 2. The number of hydrogen-bond donors (Lipinski definition) is 2. The van der Waals surface area contributed by atoms with Crippen LogP contribution in [0.5, 0.6) is 0 Å². The van der Waals surface area contributed by atoms with Gasteiger partial charge in [-0.2, -0.15) is 0 Å². The normalized spacial score (nSPS) is 11.0. The SMILES string of the molecule is c1ccc(-c2cc(-c3ccc(Nc4cccc5ccccc45)cc3)ccc2Nc2cccc3ccccc23)cc1. The quantitative estimate of drug-likeness (QED) is 0.231. The Morgan fingerprint density at radius 1 is 0.325 bits per heavy atom. The summed E-state index contributed by atoms with van der Waals surface area (Å²) in [6, 6.07) is 55.7. The lowest BCUT2D eigenvalue weighted by atomic mass is 9.97. The lowest BCUT2D eigenvalue weighted by molar-refractivity contribution is 1.53. The first-order valence-corrected chi connectivity index (χ1v) is 13.6. The van der Waals surface area contributed by atoms with E-state index in [0.717, 1.165) is 22.7 Å². The predicted octanol–water partition coefficient (Wildman–Crippen LogP) is 10.8. The van der Waals surface area contributed by atoms with Crippen molar-refractivity contribution < 1.29 is 0 Å². The Balaban J connectivity index is 1.22. The van der Waals surface area contributed by atoms with Crippen LogP contribution in [0, 0.1) is 0 Å². The van der Waals surface area contributed by atoms with Crippen LogP contribution in [-0.2, 0) is 0 Å². The van der Waals surface area contributed by atoms with Gasteiger partial charge in [0, 0.05) is 39.1 Å². The van der Waals surface area contributed by atoms with Crippen LogP contribution in [0.2, 0.25) is 0 Å². The second kappa shape index (κ2) is 10.4. The molecular weight excluding hydrogens is 484 g/mol. The summed E-state index contributed by atoms with van der Waals surface area (Å²) in [5, 5.41) is 12.2. The molecule has 0 amide bonds. The molecule has 0 aliphatic heterocycles. The average Bonchev–Trinajstić information content (AvgIpc) is 3.02. The van der Waals surface area contributed by atoms with Crippen molar-refractivity contribution in [2.75, 3.05) is 10.6 Å². The molecule has 0 heterocycles. The predicted molar refractivity (Wildman–Crippen MR) is 172 cm³/mol. The molecule has 0 aromatic heterocycles. The zero-order chi connectivity index (χ0) is 26.7. The minimum atomic E-state index is 1.07. The van der Waals surface area contributed by atoms with E-state index < -0.39 is 0 Å². The first kappa shape index (κ1) is 23.8. The molecular formula is C38H28N2. The fraction of sp³-hybridized carbons (Fsp3) is 0. The fourth-order valence-electron chi connectivity index (χ4n) is 5.40. The first-order valence-electron chi connectivity index (χ1n) is 13.6. The fourth-order valence-corrected chi connectivity index (χ4v) is 5.40. The van der Waals surface area contributed by atoms with Crippen LogP contribution in [0.1, 0.15) is 0 Å². The second-order valence-electron chi connectivity index (χ2n) is 10.0. The van der Waals surface area contributed by atoms with Gasteiger partial charge in [-0.15, -0.1) is 0 Å². The van der Waals surface area contributed by atoms with Gasteiger partial charge < -0.3 is 10.6 Å². The van der Waals surface area contributed by atoms with Crippen molar-refractivity contribution in [3.8, 4) is 22.3 Å². The van der Waals surface area contributed by atoms with Gasteiger partial charge >= 0.3 is 0 Å². The summed E-state index contributed by atoms with van der Waals surface area (Å²) in [5.41, 5.74) is 9.08. The largest absolute Gasteiger partial charge is 0.355 e. The molecule has 190 valence electrons. The number of nitrogens with one attached hydrogen (secondary N) is 2. The first-order chi connectivity index (χ1) is 19.8. The second-order valence-corrected chi connectivity index (χ2v) is 10.0. The Kier molecular flexibility index (Phi) is 6.20. The number of benzene rings is 7. The summed E-state index contributed by atoms with van der Waals surface area (Å²) in [6.45, 7) is 0. The average molecular weight is 513 g/mol. The highest BCUT2D eigenvalue weighted by Gasteiger charge is 2.10. The lowest BCUT2D eigenvalue weighted by Crippen LogP contribution is -1.95. The van der Waals surface area contributed by atoms with Crippen molar-refractivity contribution in [3.05, 3.63) is 158 Å². The van der Waals surface area contributed by atoms with Crippen LogP contribution in [0.3, 0.4) is 0 Å². The van der Waals surface area contributed by atoms with Crippen molar-refractivity contribution in [1.29, 1.82) is 0 Å². The van der Waals surface area contributed by atoms with Crippen LogP contribution in [0.4, 0.5) is 22.7 Å². The third-order valence-corrected chi connectivity index (χ3v) is 7.45. The van der Waals surface area contributed by atoms with E-state index in [-0.39, 0.29) is 0 Å². The summed E-state index contributed by atoms with van der Waals surface area (Å²) in [5.74, 6) is 0. The van der Waals surface area contributed by atoms with Crippen LogP contribution in [0.15, 0.2) is 158 Å². The molecule has 2 nitrogen and oxygen atoms in total. The zero-order valence-corrected chi connectivity index (χ0v) is 22.0. The van der Waals surface area contributed by atoms with Gasteiger partial charge in [0.15, 0.2) is 0 Å². The maximum atomic E-state index is 3.73. The van der Waals surface area contributed by atoms with Gasteiger partial charge in [-0.05, 0) is 63.9 Å². The Hall–Kier alpha value is -5.34. The van der Waals surface area contributed by atoms with E-state index in [1.807, 2.05) is 0 Å². The number of fused-ring (bicyclic) bond motifs is 2. The molecule has 0 atom stereocenters. The highest BCUT2D eigenvalue weighted by atomic mass is 14.9. The third-order valence-electron chi connectivity index (χ3n) is 7.45. The topological polar surface area (TPSA) is 24.1 Å². The van der Waals surface area contributed by atoms with Crippen LogP contribution in [-0.4, -0.2) is 0 Å². The Bertz CT molecular complexity index is 1930. The van der Waals surface area contributed by atoms with Crippen molar-refractivity contribution in [2.45, 2.75) is 0 Å². The van der Waals surface area contributed by atoms with Crippen molar-refractivity contribution in [1.82, 2.24) is 0 Å². The van der Waals surface area contributed by atoms with E-state index in [1.54, 1.807) is 0 Å². The molecule has 0 radical (unpaired) electrons. The molecule has 40 heavy (non-hydrogen) atoms. The standard InChI is InChI=1S/C38H28N2/c1-2-10-30(11-3-1)35-26-31(22-25-38(35)40-37-19-9-15-29-13-5-7-17-34(29)37)27-20-23-32(24-21-27)39-36-18-8-14-28-12-4-6-16-33(28)36/h1-26,39-40H. The van der Waals surface area contributed by atoms with E-state index in [1.165, 1.54) is 43.8 Å². The van der Waals surface area contributed by atoms with E-state index in [0.29, 0.717) is 0 Å². The number of anilines is 4. The highest BCUT2D eigenvalue weighted by Crippen LogP contribution is 2.37. The molecule has 0 fully saturated rings. The van der Waals surface area contributed by atoms with E-state index in [4.69, 9.17) is 0 Å². The molecule has 0 bridgehead atoms. The molecule has 7 rings (SSSR count). The highest BCUT2D eigenvalue weighted by molar-refractivity contribution is 5.98.